The summed E-state index contributed by atoms with van der Waals surface area (Å²) < 4.78 is 0. The van der Waals surface area contributed by atoms with Crippen LogP contribution in [-0.2, 0) is 0 Å². The predicted molar refractivity (Wildman–Crippen MR) is 46.2 cm³/mol. The van der Waals surface area contributed by atoms with E-state index in [-0.39, 0.29) is 12.0 Å². The highest BCUT2D eigenvalue weighted by Crippen LogP contribution is 2.47. The smallest absolute Gasteiger partial charge is 0.106 e. The van der Waals surface area contributed by atoms with Gasteiger partial charge in [-0.15, -0.1) is 0 Å². The van der Waals surface area contributed by atoms with E-state index in [4.69, 9.17) is 0 Å². The van der Waals surface area contributed by atoms with E-state index >= 15 is 0 Å². The average Bonchev–Trinajstić information content (AvgIpc) is 2.08. The lowest BCUT2D eigenvalue weighted by Crippen LogP contribution is -2.42. The molecule has 0 saturated heterocycles. The Labute approximate surface area is 72.1 Å². The minimum atomic E-state index is -0.962. The molecule has 1 fully saturated rings. The molecule has 1 heterocycles. The van der Waals surface area contributed by atoms with Crippen LogP contribution >= 0.6 is 0 Å². The first-order valence-electron chi connectivity index (χ1n) is 4.41. The standard InChI is InChI=1S/C9H15NO2/c1-4-6-5(2)10-7(6)8(11)9(4,3)12/h4,6-8,11-12H,1-3H3. The van der Waals surface area contributed by atoms with Gasteiger partial charge in [0.15, 0.2) is 0 Å². The fourth-order valence-electron chi connectivity index (χ4n) is 2.47. The number of aliphatic hydroxyl groups is 2. The third-order valence-corrected chi connectivity index (χ3v) is 3.59. The minimum Gasteiger partial charge on any atom is -0.388 e. The molecular weight excluding hydrogens is 154 g/mol. The van der Waals surface area contributed by atoms with E-state index in [2.05, 4.69) is 4.99 Å². The van der Waals surface area contributed by atoms with Crippen molar-refractivity contribution < 1.29 is 10.2 Å². The molecule has 1 aliphatic carbocycles. The van der Waals surface area contributed by atoms with Crippen LogP contribution in [0.5, 0.6) is 0 Å². The maximum absolute atomic E-state index is 9.91. The highest BCUT2D eigenvalue weighted by Gasteiger charge is 2.59. The van der Waals surface area contributed by atoms with Crippen LogP contribution in [0.3, 0.4) is 0 Å². The molecule has 0 bridgehead atoms. The first-order valence-corrected chi connectivity index (χ1v) is 4.41. The second-order valence-corrected chi connectivity index (χ2v) is 4.25. The Balaban J connectivity index is 2.32. The third kappa shape index (κ3) is 0.709. The molecule has 0 aromatic rings. The van der Waals surface area contributed by atoms with Crippen LogP contribution in [-0.4, -0.2) is 33.7 Å². The summed E-state index contributed by atoms with van der Waals surface area (Å²) in [6.45, 7) is 5.64. The zero-order chi connectivity index (χ0) is 9.09. The predicted octanol–water partition coefficient (Wildman–Crippen LogP) is 0.207. The van der Waals surface area contributed by atoms with E-state index in [1.807, 2.05) is 13.8 Å². The van der Waals surface area contributed by atoms with Gasteiger partial charge in [-0.2, -0.15) is 0 Å². The van der Waals surface area contributed by atoms with Gasteiger partial charge in [-0.05, 0) is 19.8 Å². The van der Waals surface area contributed by atoms with Crippen LogP contribution < -0.4 is 0 Å². The van der Waals surface area contributed by atoms with Crippen molar-refractivity contribution in [2.45, 2.75) is 38.5 Å². The molecule has 0 aromatic heterocycles. The Hall–Kier alpha value is -0.410. The largest absolute Gasteiger partial charge is 0.388 e. The molecule has 12 heavy (non-hydrogen) atoms. The second-order valence-electron chi connectivity index (χ2n) is 4.25. The molecule has 2 N–H and O–H groups in total. The quantitative estimate of drug-likeness (QED) is 0.544. The van der Waals surface area contributed by atoms with Crippen molar-refractivity contribution in [3.63, 3.8) is 0 Å². The number of nitrogens with zero attached hydrogens (tertiary/aromatic N) is 1. The van der Waals surface area contributed by atoms with Gasteiger partial charge in [-0.1, -0.05) is 6.92 Å². The zero-order valence-electron chi connectivity index (χ0n) is 7.65. The highest BCUT2D eigenvalue weighted by atomic mass is 16.3. The molecule has 68 valence electrons. The van der Waals surface area contributed by atoms with Gasteiger partial charge in [-0.25, -0.2) is 0 Å². The summed E-state index contributed by atoms with van der Waals surface area (Å²) in [5.41, 5.74) is 0.112. The summed E-state index contributed by atoms with van der Waals surface area (Å²) in [6, 6.07) is -0.0463. The minimum absolute atomic E-state index is 0.0463. The van der Waals surface area contributed by atoms with Crippen molar-refractivity contribution in [3.05, 3.63) is 0 Å². The number of rotatable bonds is 0. The van der Waals surface area contributed by atoms with Crippen molar-refractivity contribution in [2.24, 2.45) is 16.8 Å². The van der Waals surface area contributed by atoms with E-state index in [9.17, 15) is 10.2 Å². The van der Waals surface area contributed by atoms with Gasteiger partial charge < -0.3 is 10.2 Å². The lowest BCUT2D eigenvalue weighted by atomic mass is 9.83. The summed E-state index contributed by atoms with van der Waals surface area (Å²) in [7, 11) is 0. The normalized spacial score (nSPS) is 57.6. The topological polar surface area (TPSA) is 52.8 Å². The number of aliphatic imine (C=N–C) groups is 1. The van der Waals surface area contributed by atoms with Crippen LogP contribution in [0, 0.1) is 11.8 Å². The number of fused-ring (bicyclic) bond motifs is 1. The van der Waals surface area contributed by atoms with Gasteiger partial charge in [0.25, 0.3) is 0 Å². The molecule has 5 unspecified atom stereocenters. The first kappa shape index (κ1) is 8.20. The maximum atomic E-state index is 9.91. The molecular formula is C9H15NO2. The molecule has 3 nitrogen and oxygen atoms in total. The van der Waals surface area contributed by atoms with Crippen LogP contribution in [0.2, 0.25) is 0 Å². The van der Waals surface area contributed by atoms with Gasteiger partial charge >= 0.3 is 0 Å². The molecule has 2 rings (SSSR count). The average molecular weight is 169 g/mol. The van der Waals surface area contributed by atoms with Gasteiger partial charge in [0.2, 0.25) is 0 Å². The molecule has 0 amide bonds. The van der Waals surface area contributed by atoms with Gasteiger partial charge in [0, 0.05) is 11.6 Å². The van der Waals surface area contributed by atoms with E-state index in [0.29, 0.717) is 5.92 Å². The lowest BCUT2D eigenvalue weighted by molar-refractivity contribution is -0.0651. The summed E-state index contributed by atoms with van der Waals surface area (Å²) in [6.07, 6.45) is -0.679. The van der Waals surface area contributed by atoms with Gasteiger partial charge in [-0.3, -0.25) is 4.99 Å². The molecule has 0 radical (unpaired) electrons. The van der Waals surface area contributed by atoms with Crippen LogP contribution in [0.15, 0.2) is 4.99 Å². The monoisotopic (exact) mass is 169 g/mol. The Bertz CT molecular complexity index is 247. The highest BCUT2D eigenvalue weighted by molar-refractivity contribution is 5.91. The molecule has 3 heteroatoms. The van der Waals surface area contributed by atoms with E-state index < -0.39 is 11.7 Å². The number of hydrogen-bond acceptors (Lipinski definition) is 3. The molecule has 1 saturated carbocycles. The Kier molecular flexibility index (Phi) is 1.43. The van der Waals surface area contributed by atoms with Crippen molar-refractivity contribution in [1.82, 2.24) is 0 Å². The van der Waals surface area contributed by atoms with Crippen LogP contribution in [0.4, 0.5) is 0 Å². The van der Waals surface area contributed by atoms with Crippen molar-refractivity contribution in [1.29, 1.82) is 0 Å². The van der Waals surface area contributed by atoms with Crippen molar-refractivity contribution in [2.75, 3.05) is 0 Å². The Morgan fingerprint density at radius 1 is 1.50 bits per heavy atom. The van der Waals surface area contributed by atoms with Crippen molar-refractivity contribution in [3.8, 4) is 0 Å². The second kappa shape index (κ2) is 2.09. The first-order chi connectivity index (χ1) is 5.46. The third-order valence-electron chi connectivity index (χ3n) is 3.59. The molecule has 2 aliphatic rings. The van der Waals surface area contributed by atoms with E-state index in [0.717, 1.165) is 5.71 Å². The SMILES string of the molecule is CC1=NC2C1C(C)C(C)(O)C2O. The van der Waals surface area contributed by atoms with Gasteiger partial charge in [0.05, 0.1) is 11.6 Å². The molecule has 0 spiro atoms. The summed E-state index contributed by atoms with van der Waals surface area (Å²) >= 11 is 0. The maximum Gasteiger partial charge on any atom is 0.106 e. The van der Waals surface area contributed by atoms with Crippen LogP contribution in [0.1, 0.15) is 20.8 Å². The Morgan fingerprint density at radius 2 is 2.08 bits per heavy atom. The number of aliphatic hydroxyl groups excluding tert-OH is 1. The molecule has 5 atom stereocenters. The number of hydrogen-bond donors (Lipinski definition) is 2. The van der Waals surface area contributed by atoms with E-state index in [1.165, 1.54) is 0 Å². The van der Waals surface area contributed by atoms with E-state index in [1.54, 1.807) is 6.92 Å². The Morgan fingerprint density at radius 3 is 2.42 bits per heavy atom. The lowest BCUT2D eigenvalue weighted by Gasteiger charge is -2.30. The van der Waals surface area contributed by atoms with Gasteiger partial charge in [0.1, 0.15) is 6.10 Å². The summed E-state index contributed by atoms with van der Waals surface area (Å²) in [4.78, 5) is 4.22. The fourth-order valence-corrected chi connectivity index (χ4v) is 2.47. The molecule has 1 aliphatic heterocycles. The summed E-state index contributed by atoms with van der Waals surface area (Å²) in [5.74, 6) is 0.421. The summed E-state index contributed by atoms with van der Waals surface area (Å²) in [5, 5.41) is 19.6. The fraction of sp³-hybridized carbons (Fsp3) is 0.889. The zero-order valence-corrected chi connectivity index (χ0v) is 7.65. The van der Waals surface area contributed by atoms with Crippen LogP contribution in [0.25, 0.3) is 0 Å². The van der Waals surface area contributed by atoms with Crippen molar-refractivity contribution >= 4 is 5.71 Å². The molecule has 0 aromatic carbocycles.